The van der Waals surface area contributed by atoms with E-state index in [1.165, 1.54) is 11.1 Å². The van der Waals surface area contributed by atoms with Crippen molar-refractivity contribution in [1.29, 1.82) is 0 Å². The highest BCUT2D eigenvalue weighted by molar-refractivity contribution is 7.99. The second-order valence-electron chi connectivity index (χ2n) is 9.70. The third-order valence-electron chi connectivity index (χ3n) is 6.64. The molecule has 1 amide bonds. The molecule has 0 bridgehead atoms. The van der Waals surface area contributed by atoms with Crippen LogP contribution in [0.15, 0.2) is 71.6 Å². The molecule has 1 aliphatic heterocycles. The Morgan fingerprint density at radius 2 is 1.88 bits per heavy atom. The number of nitrogens with one attached hydrogen (secondary N) is 2. The molecule has 212 valence electrons. The van der Waals surface area contributed by atoms with E-state index in [-0.39, 0.29) is 19.3 Å². The number of benzene rings is 3. The van der Waals surface area contributed by atoms with Crippen LogP contribution < -0.4 is 20.1 Å². The molecule has 3 aromatic carbocycles. The van der Waals surface area contributed by atoms with Gasteiger partial charge in [0.25, 0.3) is 0 Å². The van der Waals surface area contributed by atoms with Crippen LogP contribution in [0.2, 0.25) is 0 Å². The number of unbranched alkanes of at least 4 members (excludes halogenated alkanes) is 1. The number of hydrogen-bond acceptors (Lipinski definition) is 7. The van der Waals surface area contributed by atoms with Crippen LogP contribution in [-0.2, 0) is 16.1 Å². The van der Waals surface area contributed by atoms with Crippen LogP contribution >= 0.6 is 11.8 Å². The zero-order valence-corrected chi connectivity index (χ0v) is 23.7. The predicted octanol–water partition coefficient (Wildman–Crippen LogP) is 6.93. The molecule has 1 heterocycles. The lowest BCUT2D eigenvalue weighted by atomic mass is 10.0. The van der Waals surface area contributed by atoms with Gasteiger partial charge in [-0.25, -0.2) is 4.79 Å². The average Bonchev–Trinajstić information content (AvgIpc) is 3.42. The monoisotopic (exact) mass is 564 g/mol. The van der Waals surface area contributed by atoms with Gasteiger partial charge in [-0.05, 0) is 60.4 Å². The van der Waals surface area contributed by atoms with Crippen LogP contribution in [0.1, 0.15) is 55.3 Å². The van der Waals surface area contributed by atoms with E-state index in [0.717, 1.165) is 36.4 Å². The maximum atomic E-state index is 12.9. The molecule has 0 saturated carbocycles. The van der Waals surface area contributed by atoms with Crippen molar-refractivity contribution >= 4 is 29.5 Å². The number of carbonyl (C=O) groups excluding carboxylic acids is 1. The largest absolute Gasteiger partial charge is 0.481 e. The molecule has 4 rings (SSSR count). The normalized spacial score (nSPS) is 13.3. The van der Waals surface area contributed by atoms with Crippen LogP contribution in [0.4, 0.5) is 10.5 Å². The highest BCUT2D eigenvalue weighted by atomic mass is 32.2. The number of ether oxygens (including phenoxy) is 3. The molecule has 0 unspecified atom stereocenters. The Morgan fingerprint density at radius 1 is 1.05 bits per heavy atom. The van der Waals surface area contributed by atoms with Gasteiger partial charge in [0.1, 0.15) is 6.10 Å². The number of hydrogen-bond donors (Lipinski definition) is 3. The fraction of sp³-hybridized carbons (Fsp3) is 0.355. The molecule has 0 aliphatic carbocycles. The summed E-state index contributed by atoms with van der Waals surface area (Å²) in [6, 6.07) is 20.9. The number of rotatable bonds is 14. The van der Waals surface area contributed by atoms with Crippen molar-refractivity contribution in [3.05, 3.63) is 83.4 Å². The molecule has 40 heavy (non-hydrogen) atoms. The summed E-state index contributed by atoms with van der Waals surface area (Å²) < 4.78 is 16.6. The number of thioether (sulfide) groups is 1. The summed E-state index contributed by atoms with van der Waals surface area (Å²) in [6.07, 6.45) is 1.36. The van der Waals surface area contributed by atoms with Gasteiger partial charge >= 0.3 is 12.1 Å². The molecule has 8 nitrogen and oxygen atoms in total. The minimum absolute atomic E-state index is 0.111. The first-order valence-electron chi connectivity index (χ1n) is 13.5. The minimum Gasteiger partial charge on any atom is -0.481 e. The van der Waals surface area contributed by atoms with Gasteiger partial charge in [0.05, 0.1) is 12.5 Å². The second kappa shape index (κ2) is 14.5. The SMILES string of the molecule is CCCC[C@@H](CSc1cccc(NCc2ccccc2C)c1)OC(=O)N[C@@H](CC(=O)O)c1ccc2c(c1)OCO2. The smallest absolute Gasteiger partial charge is 0.407 e. The van der Waals surface area contributed by atoms with Crippen molar-refractivity contribution in [2.24, 2.45) is 0 Å². The van der Waals surface area contributed by atoms with Crippen LogP contribution in [-0.4, -0.2) is 35.8 Å². The average molecular weight is 565 g/mol. The van der Waals surface area contributed by atoms with Crippen LogP contribution in [0.5, 0.6) is 11.5 Å². The second-order valence-corrected chi connectivity index (χ2v) is 10.8. The summed E-state index contributed by atoms with van der Waals surface area (Å²) in [5.41, 5.74) is 4.13. The fourth-order valence-corrected chi connectivity index (χ4v) is 5.38. The Balaban J connectivity index is 1.35. The van der Waals surface area contributed by atoms with E-state index in [9.17, 15) is 14.7 Å². The number of carboxylic acid groups (broad SMARTS) is 1. The van der Waals surface area contributed by atoms with Crippen molar-refractivity contribution in [3.63, 3.8) is 0 Å². The van der Waals surface area contributed by atoms with Gasteiger partial charge in [-0.15, -0.1) is 11.8 Å². The highest BCUT2D eigenvalue weighted by Gasteiger charge is 2.24. The van der Waals surface area contributed by atoms with Gasteiger partial charge in [0.2, 0.25) is 6.79 Å². The number of carboxylic acids is 1. The number of aliphatic carboxylic acids is 1. The van der Waals surface area contributed by atoms with Crippen LogP contribution in [0, 0.1) is 6.92 Å². The van der Waals surface area contributed by atoms with Crippen molar-refractivity contribution in [1.82, 2.24) is 5.32 Å². The molecular formula is C31H36N2O6S. The molecule has 9 heteroatoms. The predicted molar refractivity (Wildman–Crippen MR) is 156 cm³/mol. The zero-order chi connectivity index (χ0) is 28.3. The van der Waals surface area contributed by atoms with Gasteiger partial charge in [-0.3, -0.25) is 4.79 Å². The molecule has 2 atom stereocenters. The first-order chi connectivity index (χ1) is 19.4. The van der Waals surface area contributed by atoms with Crippen molar-refractivity contribution in [2.75, 3.05) is 17.9 Å². The third kappa shape index (κ3) is 8.58. The summed E-state index contributed by atoms with van der Waals surface area (Å²) in [6.45, 7) is 5.05. The number of fused-ring (bicyclic) bond motifs is 1. The van der Waals surface area contributed by atoms with E-state index >= 15 is 0 Å². The number of carbonyl (C=O) groups is 2. The summed E-state index contributed by atoms with van der Waals surface area (Å²) in [7, 11) is 0. The summed E-state index contributed by atoms with van der Waals surface area (Å²) >= 11 is 1.63. The molecule has 3 N–H and O–H groups in total. The molecule has 0 aromatic heterocycles. The quantitative estimate of drug-likeness (QED) is 0.181. The third-order valence-corrected chi connectivity index (χ3v) is 7.76. The maximum Gasteiger partial charge on any atom is 0.407 e. The summed E-state index contributed by atoms with van der Waals surface area (Å²) in [5, 5.41) is 15.7. The first-order valence-corrected chi connectivity index (χ1v) is 14.5. The number of aryl methyl sites for hydroxylation is 1. The number of alkyl carbamates (subject to hydrolysis) is 1. The van der Waals surface area contributed by atoms with E-state index in [4.69, 9.17) is 14.2 Å². The van der Waals surface area contributed by atoms with Crippen molar-refractivity contribution < 1.29 is 28.9 Å². The van der Waals surface area contributed by atoms with Crippen LogP contribution in [0.25, 0.3) is 0 Å². The van der Waals surface area contributed by atoms with Crippen molar-refractivity contribution in [3.8, 4) is 11.5 Å². The molecule has 0 spiro atoms. The van der Waals surface area contributed by atoms with E-state index in [1.807, 2.05) is 30.3 Å². The Kier molecular flexibility index (Phi) is 10.6. The molecule has 3 aromatic rings. The Morgan fingerprint density at radius 3 is 2.67 bits per heavy atom. The van der Waals surface area contributed by atoms with E-state index in [0.29, 0.717) is 22.8 Å². The molecule has 0 radical (unpaired) electrons. The van der Waals surface area contributed by atoms with E-state index < -0.39 is 18.1 Å². The minimum atomic E-state index is -1.03. The maximum absolute atomic E-state index is 12.9. The summed E-state index contributed by atoms with van der Waals surface area (Å²) in [5.74, 6) is 0.668. The zero-order valence-electron chi connectivity index (χ0n) is 22.9. The standard InChI is InChI=1S/C31H36N2O6S/c1-3-4-11-25(19-40-26-12-7-10-24(16-26)32-18-23-9-6-5-8-21(23)2)39-31(36)33-27(17-30(34)35)22-13-14-28-29(15-22)38-20-37-28/h5-10,12-16,25,27,32H,3-4,11,17-20H2,1-2H3,(H,33,36)(H,34,35)/t25-,27-/m0/s1. The Labute approximate surface area is 239 Å². The molecular weight excluding hydrogens is 528 g/mol. The van der Waals surface area contributed by atoms with E-state index in [1.54, 1.807) is 30.0 Å². The lowest BCUT2D eigenvalue weighted by Crippen LogP contribution is -2.34. The van der Waals surface area contributed by atoms with Crippen molar-refractivity contribution in [2.45, 2.75) is 63.1 Å². The molecule has 0 fully saturated rings. The number of anilines is 1. The van der Waals surface area contributed by atoms with Gasteiger partial charge in [0.15, 0.2) is 11.5 Å². The first kappa shape index (κ1) is 29.1. The Hall–Kier alpha value is -3.85. The molecule has 0 saturated heterocycles. The van der Waals surface area contributed by atoms with Crippen LogP contribution in [0.3, 0.4) is 0 Å². The fourth-order valence-electron chi connectivity index (χ4n) is 4.38. The van der Waals surface area contributed by atoms with Gasteiger partial charge in [-0.1, -0.05) is 56.2 Å². The summed E-state index contributed by atoms with van der Waals surface area (Å²) in [4.78, 5) is 25.5. The van der Waals surface area contributed by atoms with Gasteiger partial charge < -0.3 is 30.0 Å². The lowest BCUT2D eigenvalue weighted by Gasteiger charge is -2.22. The molecule has 1 aliphatic rings. The van der Waals surface area contributed by atoms with E-state index in [2.05, 4.69) is 42.7 Å². The number of amides is 1. The Bertz CT molecular complexity index is 1300. The topological polar surface area (TPSA) is 106 Å². The lowest BCUT2D eigenvalue weighted by molar-refractivity contribution is -0.137. The van der Waals surface area contributed by atoms with Gasteiger partial charge in [-0.2, -0.15) is 0 Å². The highest BCUT2D eigenvalue weighted by Crippen LogP contribution is 2.35. The van der Waals surface area contributed by atoms with Gasteiger partial charge in [0, 0.05) is 22.9 Å².